The van der Waals surface area contributed by atoms with Gasteiger partial charge in [-0.1, -0.05) is 23.8 Å². The molecule has 0 radical (unpaired) electrons. The van der Waals surface area contributed by atoms with Crippen LogP contribution < -0.4 is 10.7 Å². The zero-order valence-electron chi connectivity index (χ0n) is 13.9. The Labute approximate surface area is 149 Å². The standard InChI is InChI=1S/C14H22N6O4S/c1-2-5-25-14-16-12(15)9-13(17-14)20(19-18-9)7-6-8(24-4-3-21)11(23)10(7)22/h7-8,10-11,21-23H,2-6H2,1H3,(H2,15,16,17)/p+1. The lowest BCUT2D eigenvalue weighted by atomic mass is 10.2. The number of hydrogen-bond donors (Lipinski definition) is 5. The molecule has 10 nitrogen and oxygen atoms in total. The third-order valence-electron chi connectivity index (χ3n) is 4.23. The third kappa shape index (κ3) is 3.61. The minimum absolute atomic E-state index is 0.0987. The lowest BCUT2D eigenvalue weighted by Crippen LogP contribution is -3.07. The van der Waals surface area contributed by atoms with Crippen LogP contribution >= 0.6 is 11.8 Å². The maximum absolute atomic E-state index is 10.4. The molecule has 11 heteroatoms. The van der Waals surface area contributed by atoms with Gasteiger partial charge in [0.05, 0.1) is 19.3 Å². The van der Waals surface area contributed by atoms with Gasteiger partial charge in [0.25, 0.3) is 5.82 Å². The second-order valence-corrected chi connectivity index (χ2v) is 7.04. The summed E-state index contributed by atoms with van der Waals surface area (Å²) in [7, 11) is 0. The second-order valence-electron chi connectivity index (χ2n) is 5.98. The van der Waals surface area contributed by atoms with Gasteiger partial charge in [0.15, 0.2) is 17.0 Å². The highest BCUT2D eigenvalue weighted by Gasteiger charge is 2.51. The number of aromatic nitrogens is 2. The molecule has 3 rings (SSSR count). The molecule has 5 unspecified atom stereocenters. The van der Waals surface area contributed by atoms with E-state index in [1.165, 1.54) is 11.8 Å². The summed E-state index contributed by atoms with van der Waals surface area (Å²) in [6.45, 7) is 2.02. The van der Waals surface area contributed by atoms with Crippen LogP contribution in [-0.2, 0) is 4.74 Å². The van der Waals surface area contributed by atoms with Crippen molar-refractivity contribution < 1.29 is 25.1 Å². The number of nitrogens with one attached hydrogen (secondary N) is 1. The summed E-state index contributed by atoms with van der Waals surface area (Å²) in [5.74, 6) is 1.62. The predicted octanol–water partition coefficient (Wildman–Crippen LogP) is -1.04. The summed E-state index contributed by atoms with van der Waals surface area (Å²) >= 11 is 1.49. The molecule has 0 bridgehead atoms. The monoisotopic (exact) mass is 371 g/mol. The normalized spacial score (nSPS) is 30.8. The minimum Gasteiger partial charge on any atom is -0.394 e. The Morgan fingerprint density at radius 3 is 2.84 bits per heavy atom. The van der Waals surface area contributed by atoms with Crippen molar-refractivity contribution in [2.24, 2.45) is 10.3 Å². The van der Waals surface area contributed by atoms with Gasteiger partial charge in [-0.3, -0.25) is 0 Å². The number of nitrogen functional groups attached to an aromatic ring is 1. The fourth-order valence-electron chi connectivity index (χ4n) is 3.02. The van der Waals surface area contributed by atoms with Crippen molar-refractivity contribution in [1.29, 1.82) is 0 Å². The molecular formula is C14H23N6O4S+. The summed E-state index contributed by atoms with van der Waals surface area (Å²) in [6.07, 6.45) is -1.35. The van der Waals surface area contributed by atoms with E-state index in [4.69, 9.17) is 15.6 Å². The quantitative estimate of drug-likeness (QED) is 0.301. The molecule has 1 fully saturated rings. The maximum Gasteiger partial charge on any atom is 0.289 e. The first-order valence-corrected chi connectivity index (χ1v) is 9.23. The van der Waals surface area contributed by atoms with Crippen LogP contribution in [0.2, 0.25) is 0 Å². The van der Waals surface area contributed by atoms with Crippen molar-refractivity contribution in [1.82, 2.24) is 9.97 Å². The SMILES string of the molecule is CCCSc1nc(N)c2c(n1)[NH+](C1CC(OCCO)C(O)C1O)N=N2. The molecule has 0 spiro atoms. The lowest BCUT2D eigenvalue weighted by Gasteiger charge is -2.18. The number of rotatable bonds is 7. The van der Waals surface area contributed by atoms with Crippen LogP contribution in [0, 0.1) is 0 Å². The van der Waals surface area contributed by atoms with Gasteiger partial charge >= 0.3 is 0 Å². The van der Waals surface area contributed by atoms with Crippen LogP contribution in [0.3, 0.4) is 0 Å². The Morgan fingerprint density at radius 1 is 1.32 bits per heavy atom. The number of quaternary nitrogens is 1. The van der Waals surface area contributed by atoms with Crippen molar-refractivity contribution in [3.8, 4) is 0 Å². The van der Waals surface area contributed by atoms with E-state index in [1.807, 2.05) is 0 Å². The minimum atomic E-state index is -1.06. The average Bonchev–Trinajstić information content (AvgIpc) is 3.14. The van der Waals surface area contributed by atoms with Crippen LogP contribution in [0.5, 0.6) is 0 Å². The number of nitrogens with two attached hydrogens (primary N) is 1. The molecule has 25 heavy (non-hydrogen) atoms. The van der Waals surface area contributed by atoms with Crippen molar-refractivity contribution >= 4 is 29.1 Å². The van der Waals surface area contributed by atoms with Crippen LogP contribution in [0.25, 0.3) is 0 Å². The van der Waals surface area contributed by atoms with Crippen LogP contribution in [0.15, 0.2) is 15.5 Å². The zero-order valence-corrected chi connectivity index (χ0v) is 14.7. The van der Waals surface area contributed by atoms with E-state index in [2.05, 4.69) is 27.2 Å². The van der Waals surface area contributed by atoms with Crippen LogP contribution in [-0.4, -0.2) is 68.6 Å². The van der Waals surface area contributed by atoms with Crippen molar-refractivity contribution in [2.45, 2.75) is 49.3 Å². The van der Waals surface area contributed by atoms with E-state index in [9.17, 15) is 10.2 Å². The summed E-state index contributed by atoms with van der Waals surface area (Å²) in [6, 6.07) is -0.470. The fraction of sp³-hybridized carbons (Fsp3) is 0.714. The molecule has 1 aliphatic heterocycles. The highest BCUT2D eigenvalue weighted by Crippen LogP contribution is 2.33. The van der Waals surface area contributed by atoms with Crippen molar-refractivity contribution in [2.75, 3.05) is 24.7 Å². The van der Waals surface area contributed by atoms with Gasteiger partial charge in [0.1, 0.15) is 12.2 Å². The molecule has 0 amide bonds. The number of anilines is 1. The van der Waals surface area contributed by atoms with E-state index in [-0.39, 0.29) is 19.0 Å². The first kappa shape index (κ1) is 18.4. The Morgan fingerprint density at radius 2 is 2.12 bits per heavy atom. The molecular weight excluding hydrogens is 348 g/mol. The number of hydrogen-bond acceptors (Lipinski definition) is 10. The zero-order chi connectivity index (χ0) is 18.0. The molecule has 0 aromatic carbocycles. The molecule has 0 saturated heterocycles. The summed E-state index contributed by atoms with van der Waals surface area (Å²) in [4.78, 5) is 8.73. The molecule has 2 heterocycles. The van der Waals surface area contributed by atoms with Gasteiger partial charge < -0.3 is 25.8 Å². The van der Waals surface area contributed by atoms with Gasteiger partial charge in [-0.05, 0) is 6.42 Å². The largest absolute Gasteiger partial charge is 0.394 e. The van der Waals surface area contributed by atoms with Crippen molar-refractivity contribution in [3.05, 3.63) is 0 Å². The third-order valence-corrected chi connectivity index (χ3v) is 5.28. The first-order chi connectivity index (χ1) is 12.1. The Hall–Kier alpha value is -1.37. The topological polar surface area (TPSA) is 151 Å². The molecule has 1 aromatic rings. The van der Waals surface area contributed by atoms with Crippen molar-refractivity contribution in [3.63, 3.8) is 0 Å². The van der Waals surface area contributed by atoms with Gasteiger partial charge in [-0.25, -0.2) is 4.98 Å². The lowest BCUT2D eigenvalue weighted by molar-refractivity contribution is -0.874. The highest BCUT2D eigenvalue weighted by molar-refractivity contribution is 7.99. The Bertz CT molecular complexity index is 648. The summed E-state index contributed by atoms with van der Waals surface area (Å²) in [5.41, 5.74) is 6.36. The predicted molar refractivity (Wildman–Crippen MR) is 89.8 cm³/mol. The van der Waals surface area contributed by atoms with E-state index in [1.54, 1.807) is 0 Å². The number of aliphatic hydroxyl groups is 3. The number of thioether (sulfide) groups is 1. The molecule has 1 aromatic heterocycles. The number of fused-ring (bicyclic) bond motifs is 1. The van der Waals surface area contributed by atoms with E-state index >= 15 is 0 Å². The van der Waals surface area contributed by atoms with Gasteiger partial charge in [-0.2, -0.15) is 4.98 Å². The molecule has 5 atom stereocenters. The maximum atomic E-state index is 10.4. The van der Waals surface area contributed by atoms with Gasteiger partial charge in [0.2, 0.25) is 5.69 Å². The van der Waals surface area contributed by atoms with Gasteiger partial charge in [0, 0.05) is 17.4 Å². The smallest absolute Gasteiger partial charge is 0.289 e. The molecule has 138 valence electrons. The number of nitrogens with zero attached hydrogens (tertiary/aromatic N) is 4. The van der Waals surface area contributed by atoms with Gasteiger partial charge in [-0.15, -0.1) is 5.01 Å². The van der Waals surface area contributed by atoms with Crippen LogP contribution in [0.1, 0.15) is 19.8 Å². The number of ether oxygens (including phenoxy) is 1. The molecule has 6 N–H and O–H groups in total. The molecule has 1 saturated carbocycles. The fourth-order valence-corrected chi connectivity index (χ4v) is 3.72. The highest BCUT2D eigenvalue weighted by atomic mass is 32.2. The summed E-state index contributed by atoms with van der Waals surface area (Å²) < 4.78 is 5.41. The van der Waals surface area contributed by atoms with Crippen LogP contribution in [0.4, 0.5) is 17.3 Å². The molecule has 2 aliphatic rings. The van der Waals surface area contributed by atoms with E-state index in [0.29, 0.717) is 28.1 Å². The van der Waals surface area contributed by atoms with E-state index < -0.39 is 24.4 Å². The first-order valence-electron chi connectivity index (χ1n) is 8.24. The Balaban J connectivity index is 1.82. The summed E-state index contributed by atoms with van der Waals surface area (Å²) in [5, 5.41) is 38.7. The number of aliphatic hydroxyl groups excluding tert-OH is 3. The second kappa shape index (κ2) is 7.89. The average molecular weight is 371 g/mol. The van der Waals surface area contributed by atoms with E-state index in [0.717, 1.165) is 12.2 Å². The molecule has 1 aliphatic carbocycles. The Kier molecular flexibility index (Phi) is 5.81.